The summed E-state index contributed by atoms with van der Waals surface area (Å²) < 4.78 is 0. The minimum Gasteiger partial charge on any atom is -0.355 e. The molecule has 0 spiro atoms. The molecule has 0 radical (unpaired) electrons. The lowest BCUT2D eigenvalue weighted by atomic mass is 9.89. The number of carbonyl (C=O) groups is 1. The van der Waals surface area contributed by atoms with Crippen molar-refractivity contribution < 1.29 is 4.79 Å². The van der Waals surface area contributed by atoms with Gasteiger partial charge < -0.3 is 5.32 Å². The van der Waals surface area contributed by atoms with E-state index in [1.807, 2.05) is 6.92 Å². The third-order valence-corrected chi connectivity index (χ3v) is 4.82. The summed E-state index contributed by atoms with van der Waals surface area (Å²) >= 11 is 1.74. The van der Waals surface area contributed by atoms with E-state index in [4.69, 9.17) is 0 Å². The smallest absolute Gasteiger partial charge is 0.223 e. The van der Waals surface area contributed by atoms with Gasteiger partial charge in [0.15, 0.2) is 0 Å². The number of hydrogen-bond acceptors (Lipinski definition) is 3. The molecule has 0 saturated heterocycles. The van der Waals surface area contributed by atoms with Crippen LogP contribution in [0, 0.1) is 19.8 Å². The molecule has 1 fully saturated rings. The Hall–Kier alpha value is -0.900. The van der Waals surface area contributed by atoms with Crippen LogP contribution in [0.3, 0.4) is 0 Å². The van der Waals surface area contributed by atoms with Crippen LogP contribution in [-0.2, 0) is 11.2 Å². The summed E-state index contributed by atoms with van der Waals surface area (Å²) in [5.41, 5.74) is 1.12. The summed E-state index contributed by atoms with van der Waals surface area (Å²) in [4.78, 5) is 17.7. The Morgan fingerprint density at radius 2 is 2.06 bits per heavy atom. The molecule has 1 heterocycles. The van der Waals surface area contributed by atoms with Crippen molar-refractivity contribution >= 4 is 17.2 Å². The summed E-state index contributed by atoms with van der Waals surface area (Å²) in [6, 6.07) is 0. The van der Waals surface area contributed by atoms with Gasteiger partial charge in [0, 0.05) is 23.8 Å². The second-order valence-electron chi connectivity index (χ2n) is 5.13. The molecule has 0 atom stereocenters. The van der Waals surface area contributed by atoms with Crippen LogP contribution in [0.1, 0.15) is 47.7 Å². The first-order chi connectivity index (χ1) is 8.66. The topological polar surface area (TPSA) is 42.0 Å². The number of hydrogen-bond donors (Lipinski definition) is 1. The summed E-state index contributed by atoms with van der Waals surface area (Å²) in [7, 11) is 0. The Balaban J connectivity index is 1.72. The molecular weight excluding hydrogens is 244 g/mol. The highest BCUT2D eigenvalue weighted by Crippen LogP contribution is 2.23. The number of nitrogens with one attached hydrogen (secondary N) is 1. The highest BCUT2D eigenvalue weighted by molar-refractivity contribution is 7.11. The summed E-state index contributed by atoms with van der Waals surface area (Å²) in [6.07, 6.45) is 6.72. The van der Waals surface area contributed by atoms with Crippen molar-refractivity contribution in [3.63, 3.8) is 0 Å². The lowest BCUT2D eigenvalue weighted by molar-refractivity contribution is -0.125. The molecule has 3 nitrogen and oxygen atoms in total. The lowest BCUT2D eigenvalue weighted by Gasteiger charge is -2.20. The molecule has 4 heteroatoms. The van der Waals surface area contributed by atoms with Crippen LogP contribution >= 0.6 is 11.3 Å². The van der Waals surface area contributed by atoms with Gasteiger partial charge in [0.2, 0.25) is 5.91 Å². The summed E-state index contributed by atoms with van der Waals surface area (Å²) in [5, 5.41) is 4.19. The number of thiazole rings is 1. The van der Waals surface area contributed by atoms with Crippen molar-refractivity contribution in [1.82, 2.24) is 10.3 Å². The van der Waals surface area contributed by atoms with Crippen molar-refractivity contribution in [1.29, 1.82) is 0 Å². The van der Waals surface area contributed by atoms with Crippen LogP contribution in [0.15, 0.2) is 0 Å². The van der Waals surface area contributed by atoms with E-state index in [1.165, 1.54) is 24.1 Å². The molecule has 18 heavy (non-hydrogen) atoms. The van der Waals surface area contributed by atoms with Crippen molar-refractivity contribution in [2.45, 2.75) is 52.4 Å². The summed E-state index contributed by atoms with van der Waals surface area (Å²) in [5.74, 6) is 0.512. The third kappa shape index (κ3) is 3.55. The molecule has 1 aromatic rings. The van der Waals surface area contributed by atoms with Gasteiger partial charge in [-0.25, -0.2) is 4.98 Å². The second-order valence-corrected chi connectivity index (χ2v) is 6.41. The van der Waals surface area contributed by atoms with Crippen molar-refractivity contribution in [2.24, 2.45) is 5.92 Å². The minimum atomic E-state index is 0.250. The molecule has 1 aromatic heterocycles. The molecule has 0 bridgehead atoms. The van der Waals surface area contributed by atoms with Gasteiger partial charge in [-0.05, 0) is 26.7 Å². The number of aromatic nitrogens is 1. The number of amides is 1. The fraction of sp³-hybridized carbons (Fsp3) is 0.714. The first kappa shape index (κ1) is 13.5. The zero-order valence-corrected chi connectivity index (χ0v) is 12.1. The number of aryl methyl sites for hydroxylation is 2. The quantitative estimate of drug-likeness (QED) is 0.910. The van der Waals surface area contributed by atoms with Crippen molar-refractivity contribution in [2.75, 3.05) is 6.54 Å². The molecule has 1 N–H and O–H groups in total. The maximum Gasteiger partial charge on any atom is 0.223 e. The predicted molar refractivity (Wildman–Crippen MR) is 74.9 cm³/mol. The van der Waals surface area contributed by atoms with E-state index in [0.717, 1.165) is 36.5 Å². The molecule has 0 aliphatic heterocycles. The van der Waals surface area contributed by atoms with Crippen molar-refractivity contribution in [3.05, 3.63) is 15.6 Å². The molecule has 0 unspecified atom stereocenters. The second kappa shape index (κ2) is 6.32. The number of rotatable bonds is 4. The molecule has 1 aliphatic rings. The molecule has 2 rings (SSSR count). The zero-order chi connectivity index (χ0) is 13.0. The van der Waals surface area contributed by atoms with Crippen LogP contribution in [0.5, 0.6) is 0 Å². The van der Waals surface area contributed by atoms with E-state index in [-0.39, 0.29) is 11.8 Å². The van der Waals surface area contributed by atoms with E-state index in [2.05, 4.69) is 17.2 Å². The van der Waals surface area contributed by atoms with Gasteiger partial charge in [0.05, 0.1) is 10.7 Å². The first-order valence-electron chi connectivity index (χ1n) is 6.87. The lowest BCUT2D eigenvalue weighted by Crippen LogP contribution is -2.33. The van der Waals surface area contributed by atoms with Crippen LogP contribution in [0.4, 0.5) is 0 Å². The largest absolute Gasteiger partial charge is 0.355 e. The highest BCUT2D eigenvalue weighted by Gasteiger charge is 2.20. The van der Waals surface area contributed by atoms with E-state index < -0.39 is 0 Å². The maximum atomic E-state index is 11.9. The van der Waals surface area contributed by atoms with Gasteiger partial charge in [0.25, 0.3) is 0 Å². The SMILES string of the molecule is Cc1nc(CCNC(=O)C2CCCCC2)sc1C. The predicted octanol–water partition coefficient (Wildman–Crippen LogP) is 3.00. The first-order valence-corrected chi connectivity index (χ1v) is 7.69. The minimum absolute atomic E-state index is 0.250. The monoisotopic (exact) mass is 266 g/mol. The fourth-order valence-electron chi connectivity index (χ4n) is 2.45. The Morgan fingerprint density at radius 3 is 2.67 bits per heavy atom. The Labute approximate surface area is 113 Å². The maximum absolute atomic E-state index is 11.9. The Bertz CT molecular complexity index is 388. The molecule has 1 saturated carbocycles. The highest BCUT2D eigenvalue weighted by atomic mass is 32.1. The number of nitrogens with zero attached hydrogens (tertiary/aromatic N) is 1. The standard InChI is InChI=1S/C14H22N2OS/c1-10-11(2)18-13(16-10)8-9-15-14(17)12-6-4-3-5-7-12/h12H,3-9H2,1-2H3,(H,15,17). The molecule has 1 amide bonds. The van der Waals surface area contributed by atoms with Gasteiger partial charge in [-0.15, -0.1) is 11.3 Å². The molecule has 100 valence electrons. The van der Waals surface area contributed by atoms with Crippen LogP contribution in [0.25, 0.3) is 0 Å². The van der Waals surface area contributed by atoms with Gasteiger partial charge >= 0.3 is 0 Å². The van der Waals surface area contributed by atoms with Gasteiger partial charge in [-0.3, -0.25) is 4.79 Å². The van der Waals surface area contributed by atoms with Gasteiger partial charge in [0.1, 0.15) is 0 Å². The third-order valence-electron chi connectivity index (χ3n) is 3.69. The summed E-state index contributed by atoms with van der Waals surface area (Å²) in [6.45, 7) is 4.86. The van der Waals surface area contributed by atoms with Crippen LogP contribution in [0.2, 0.25) is 0 Å². The molecule has 0 aromatic carbocycles. The van der Waals surface area contributed by atoms with E-state index in [1.54, 1.807) is 11.3 Å². The van der Waals surface area contributed by atoms with E-state index in [0.29, 0.717) is 0 Å². The zero-order valence-electron chi connectivity index (χ0n) is 11.3. The average molecular weight is 266 g/mol. The fourth-order valence-corrected chi connectivity index (χ4v) is 3.38. The van der Waals surface area contributed by atoms with Gasteiger partial charge in [-0.2, -0.15) is 0 Å². The van der Waals surface area contributed by atoms with Gasteiger partial charge in [-0.1, -0.05) is 19.3 Å². The number of carbonyl (C=O) groups excluding carboxylic acids is 1. The molecular formula is C14H22N2OS. The Morgan fingerprint density at radius 1 is 1.33 bits per heavy atom. The van der Waals surface area contributed by atoms with E-state index >= 15 is 0 Å². The average Bonchev–Trinajstić information content (AvgIpc) is 2.69. The van der Waals surface area contributed by atoms with Crippen LogP contribution in [-0.4, -0.2) is 17.4 Å². The van der Waals surface area contributed by atoms with E-state index in [9.17, 15) is 4.79 Å². The van der Waals surface area contributed by atoms with Crippen LogP contribution < -0.4 is 5.32 Å². The van der Waals surface area contributed by atoms with Crippen molar-refractivity contribution in [3.8, 4) is 0 Å². The normalized spacial score (nSPS) is 16.8. The molecule has 1 aliphatic carbocycles. The Kier molecular flexibility index (Phi) is 4.75.